The van der Waals surface area contributed by atoms with Crippen molar-refractivity contribution >= 4 is 5.97 Å². The van der Waals surface area contributed by atoms with Gasteiger partial charge in [0.2, 0.25) is 0 Å². The van der Waals surface area contributed by atoms with Gasteiger partial charge in [-0.2, -0.15) is 8.78 Å². The van der Waals surface area contributed by atoms with Crippen molar-refractivity contribution in [3.05, 3.63) is 0 Å². The van der Waals surface area contributed by atoms with Crippen molar-refractivity contribution in [3.8, 4) is 0 Å². The summed E-state index contributed by atoms with van der Waals surface area (Å²) < 4.78 is 30.1. The Kier molecular flexibility index (Phi) is 1.94. The van der Waals surface area contributed by atoms with E-state index in [1.54, 1.807) is 0 Å². The fourth-order valence-corrected chi connectivity index (χ4v) is 4.24. The lowest BCUT2D eigenvalue weighted by Gasteiger charge is -2.28. The zero-order chi connectivity index (χ0) is 11.6. The molecule has 4 bridgehead atoms. The molecule has 0 aromatic carbocycles. The molecule has 2 atom stereocenters. The highest BCUT2D eigenvalue weighted by molar-refractivity contribution is 5.76. The maximum absolute atomic E-state index is 12.7. The zero-order valence-corrected chi connectivity index (χ0v) is 9.34. The number of hydrogen-bond acceptors (Lipinski definition) is 2. The number of rotatable bonds is 3. The van der Waals surface area contributed by atoms with Crippen molar-refractivity contribution in [1.29, 1.82) is 0 Å². The molecule has 4 rings (SSSR count). The smallest absolute Gasteiger partial charge is 0.376 e. The average Bonchev–Trinajstić information content (AvgIpc) is 2.83. The van der Waals surface area contributed by atoms with Gasteiger partial charge in [0.05, 0.1) is 6.61 Å². The van der Waals surface area contributed by atoms with Crippen LogP contribution in [-0.2, 0) is 9.53 Å². The summed E-state index contributed by atoms with van der Waals surface area (Å²) in [5, 5.41) is 0. The summed E-state index contributed by atoms with van der Waals surface area (Å²) in [7, 11) is 0. The van der Waals surface area contributed by atoms with Gasteiger partial charge in [0, 0.05) is 12.3 Å². The van der Waals surface area contributed by atoms with E-state index in [4.69, 9.17) is 4.74 Å². The van der Waals surface area contributed by atoms with Crippen LogP contribution in [0.4, 0.5) is 8.78 Å². The fourth-order valence-electron chi connectivity index (χ4n) is 4.24. The van der Waals surface area contributed by atoms with Gasteiger partial charge in [0.15, 0.2) is 0 Å². The number of esters is 1. The third-order valence-electron chi connectivity index (χ3n) is 4.89. The van der Waals surface area contributed by atoms with Crippen molar-refractivity contribution < 1.29 is 18.3 Å². The molecule has 0 N–H and O–H groups in total. The third-order valence-corrected chi connectivity index (χ3v) is 4.89. The van der Waals surface area contributed by atoms with Gasteiger partial charge in [-0.3, -0.25) is 0 Å². The second kappa shape index (κ2) is 2.96. The van der Waals surface area contributed by atoms with E-state index in [1.807, 2.05) is 0 Å². The standard InChI is InChI=1S/C12H16F2O2/c1-11(13,14)10(15)16-6-12-4-7-2-9(12)3-8(7)5-12/h7-9H,2-6H2,1H3. The molecule has 2 nitrogen and oxygen atoms in total. The van der Waals surface area contributed by atoms with E-state index in [9.17, 15) is 13.6 Å². The minimum atomic E-state index is -3.35. The Morgan fingerprint density at radius 1 is 1.38 bits per heavy atom. The molecule has 4 saturated carbocycles. The molecular formula is C12H16F2O2. The van der Waals surface area contributed by atoms with Crippen LogP contribution >= 0.6 is 0 Å². The lowest BCUT2D eigenvalue weighted by atomic mass is 9.82. The van der Waals surface area contributed by atoms with Crippen molar-refractivity contribution in [2.75, 3.05) is 6.61 Å². The van der Waals surface area contributed by atoms with Crippen LogP contribution in [0.25, 0.3) is 0 Å². The van der Waals surface area contributed by atoms with Crippen LogP contribution in [-0.4, -0.2) is 18.5 Å². The van der Waals surface area contributed by atoms with E-state index < -0.39 is 11.9 Å². The second-order valence-electron chi connectivity index (χ2n) is 5.92. The number of carbonyl (C=O) groups is 1. The summed E-state index contributed by atoms with van der Waals surface area (Å²) in [5.74, 6) is -2.53. The molecule has 0 spiro atoms. The second-order valence-corrected chi connectivity index (χ2v) is 5.92. The summed E-state index contributed by atoms with van der Waals surface area (Å²) in [6.45, 7) is 0.811. The fraction of sp³-hybridized carbons (Fsp3) is 0.917. The Hall–Kier alpha value is -0.670. The molecule has 0 aliphatic heterocycles. The summed E-state index contributed by atoms with van der Waals surface area (Å²) in [4.78, 5) is 11.0. The molecule has 16 heavy (non-hydrogen) atoms. The summed E-state index contributed by atoms with van der Waals surface area (Å²) in [6.07, 6.45) is 4.63. The monoisotopic (exact) mass is 230 g/mol. The van der Waals surface area contributed by atoms with E-state index in [0.717, 1.165) is 24.7 Å². The van der Waals surface area contributed by atoms with Crippen LogP contribution < -0.4 is 0 Å². The molecule has 0 heterocycles. The third kappa shape index (κ3) is 1.31. The van der Waals surface area contributed by atoms with Gasteiger partial charge in [0.25, 0.3) is 0 Å². The lowest BCUT2D eigenvalue weighted by molar-refractivity contribution is -0.173. The first-order chi connectivity index (χ1) is 7.41. The number of hydrogen-bond donors (Lipinski definition) is 0. The van der Waals surface area contributed by atoms with Crippen LogP contribution in [0.5, 0.6) is 0 Å². The predicted molar refractivity (Wildman–Crippen MR) is 53.0 cm³/mol. The molecular weight excluding hydrogens is 214 g/mol. The Morgan fingerprint density at radius 3 is 2.31 bits per heavy atom. The Balaban J connectivity index is 1.63. The topological polar surface area (TPSA) is 26.3 Å². The van der Waals surface area contributed by atoms with Crippen molar-refractivity contribution in [2.45, 2.75) is 38.5 Å². The van der Waals surface area contributed by atoms with E-state index in [0.29, 0.717) is 12.8 Å². The Morgan fingerprint density at radius 2 is 1.94 bits per heavy atom. The molecule has 4 fully saturated rings. The number of ether oxygens (including phenoxy) is 1. The SMILES string of the molecule is CC(F)(F)C(=O)OCC12CC3CC1CC3C2. The number of carbonyl (C=O) groups excluding carboxylic acids is 1. The minimum Gasteiger partial charge on any atom is -0.461 e. The first-order valence-corrected chi connectivity index (χ1v) is 5.96. The number of alkyl halides is 2. The van der Waals surface area contributed by atoms with E-state index >= 15 is 0 Å². The first kappa shape index (κ1) is 10.5. The molecule has 0 radical (unpaired) electrons. The zero-order valence-electron chi connectivity index (χ0n) is 9.34. The first-order valence-electron chi connectivity index (χ1n) is 5.96. The van der Waals surface area contributed by atoms with Crippen LogP contribution in [0, 0.1) is 23.2 Å². The van der Waals surface area contributed by atoms with Gasteiger partial charge in [-0.1, -0.05) is 0 Å². The minimum absolute atomic E-state index is 0.0657. The molecule has 0 aromatic rings. The summed E-state index contributed by atoms with van der Waals surface area (Å²) in [5.41, 5.74) is 0.0657. The van der Waals surface area contributed by atoms with E-state index in [-0.39, 0.29) is 12.0 Å². The van der Waals surface area contributed by atoms with Crippen LogP contribution in [0.3, 0.4) is 0 Å². The van der Waals surface area contributed by atoms with E-state index in [2.05, 4.69) is 0 Å². The quantitative estimate of drug-likeness (QED) is 0.697. The Labute approximate surface area is 93.3 Å². The van der Waals surface area contributed by atoms with Gasteiger partial charge in [-0.05, 0) is 43.4 Å². The molecule has 4 aliphatic rings. The molecule has 0 saturated heterocycles. The highest BCUT2D eigenvalue weighted by Gasteiger charge is 2.63. The van der Waals surface area contributed by atoms with Crippen LogP contribution in [0.1, 0.15) is 32.6 Å². The molecule has 90 valence electrons. The molecule has 4 aliphatic carbocycles. The van der Waals surface area contributed by atoms with Gasteiger partial charge >= 0.3 is 11.9 Å². The van der Waals surface area contributed by atoms with Gasteiger partial charge in [-0.25, -0.2) is 4.79 Å². The average molecular weight is 230 g/mol. The van der Waals surface area contributed by atoms with Crippen LogP contribution in [0.2, 0.25) is 0 Å². The molecule has 4 heteroatoms. The maximum Gasteiger partial charge on any atom is 0.376 e. The largest absolute Gasteiger partial charge is 0.461 e. The lowest BCUT2D eigenvalue weighted by Crippen LogP contribution is -2.33. The highest BCUT2D eigenvalue weighted by atomic mass is 19.3. The normalized spacial score (nSPS) is 44.3. The molecule has 2 unspecified atom stereocenters. The van der Waals surface area contributed by atoms with Gasteiger partial charge < -0.3 is 4.74 Å². The molecule has 0 aromatic heterocycles. The van der Waals surface area contributed by atoms with Crippen LogP contribution in [0.15, 0.2) is 0 Å². The number of halogens is 2. The maximum atomic E-state index is 12.7. The van der Waals surface area contributed by atoms with Crippen molar-refractivity contribution in [3.63, 3.8) is 0 Å². The van der Waals surface area contributed by atoms with Crippen molar-refractivity contribution in [2.24, 2.45) is 23.2 Å². The van der Waals surface area contributed by atoms with E-state index in [1.165, 1.54) is 12.8 Å². The van der Waals surface area contributed by atoms with Gasteiger partial charge in [-0.15, -0.1) is 0 Å². The summed E-state index contributed by atoms with van der Waals surface area (Å²) in [6, 6.07) is 0. The Bertz CT molecular complexity index is 320. The predicted octanol–water partition coefficient (Wildman–Crippen LogP) is 2.62. The molecule has 0 amide bonds. The highest BCUT2D eigenvalue weighted by Crippen LogP contribution is 2.69. The van der Waals surface area contributed by atoms with Crippen molar-refractivity contribution in [1.82, 2.24) is 0 Å². The van der Waals surface area contributed by atoms with Gasteiger partial charge in [0.1, 0.15) is 0 Å². The summed E-state index contributed by atoms with van der Waals surface area (Å²) >= 11 is 0.